The van der Waals surface area contributed by atoms with E-state index < -0.39 is 0 Å². The van der Waals surface area contributed by atoms with Crippen LogP contribution in [0.4, 0.5) is 0 Å². The lowest BCUT2D eigenvalue weighted by Gasteiger charge is -2.25. The van der Waals surface area contributed by atoms with E-state index in [1.54, 1.807) is 7.11 Å². The molecular weight excluding hydrogens is 174 g/mol. The minimum absolute atomic E-state index is 0.243. The summed E-state index contributed by atoms with van der Waals surface area (Å²) < 4.78 is 5.40. The molecular formula is C12H17NO. The molecule has 1 aromatic carbocycles. The average Bonchev–Trinajstić information content (AvgIpc) is 2.66. The van der Waals surface area contributed by atoms with E-state index in [2.05, 4.69) is 24.4 Å². The predicted octanol–water partition coefficient (Wildman–Crippen LogP) is 1.95. The number of nitrogens with one attached hydrogen (secondary N) is 1. The molecule has 1 N–H and O–H groups in total. The number of methoxy groups -OCH3 is 1. The van der Waals surface area contributed by atoms with Crippen LogP contribution in [0.2, 0.25) is 0 Å². The molecule has 1 heterocycles. The monoisotopic (exact) mass is 191 g/mol. The van der Waals surface area contributed by atoms with Gasteiger partial charge in [0.2, 0.25) is 0 Å². The molecule has 2 heteroatoms. The minimum atomic E-state index is 0.243. The van der Waals surface area contributed by atoms with Gasteiger partial charge in [0.05, 0.1) is 7.11 Å². The van der Waals surface area contributed by atoms with Crippen molar-refractivity contribution < 1.29 is 4.74 Å². The predicted molar refractivity (Wildman–Crippen MR) is 57.8 cm³/mol. The Kier molecular flexibility index (Phi) is 2.46. The van der Waals surface area contributed by atoms with Gasteiger partial charge in [-0.25, -0.2) is 0 Å². The molecule has 1 aliphatic rings. The van der Waals surface area contributed by atoms with E-state index in [0.717, 1.165) is 18.8 Å². The van der Waals surface area contributed by atoms with Gasteiger partial charge in [0, 0.05) is 17.5 Å². The zero-order chi connectivity index (χ0) is 10.0. The fourth-order valence-corrected chi connectivity index (χ4v) is 2.19. The number of hydrogen-bond donors (Lipinski definition) is 1. The Bertz CT molecular complexity index is 316. The molecule has 14 heavy (non-hydrogen) atoms. The maximum Gasteiger partial charge on any atom is 0.122 e. The molecule has 1 unspecified atom stereocenters. The molecule has 1 fully saturated rings. The third-order valence-electron chi connectivity index (χ3n) is 3.13. The zero-order valence-corrected chi connectivity index (χ0v) is 8.84. The standard InChI is InChI=1S/C12H17NO/c1-12(7-8-13-9-12)10-5-3-4-6-11(10)14-2/h3-6,13H,7-9H2,1-2H3. The second kappa shape index (κ2) is 3.62. The Balaban J connectivity index is 2.39. The molecule has 0 aliphatic carbocycles. The molecule has 1 aliphatic heterocycles. The Morgan fingerprint density at radius 3 is 2.79 bits per heavy atom. The molecule has 76 valence electrons. The number of hydrogen-bond acceptors (Lipinski definition) is 2. The van der Waals surface area contributed by atoms with E-state index in [-0.39, 0.29) is 5.41 Å². The number of benzene rings is 1. The van der Waals surface area contributed by atoms with Crippen LogP contribution in [0.15, 0.2) is 24.3 Å². The van der Waals surface area contributed by atoms with E-state index >= 15 is 0 Å². The van der Waals surface area contributed by atoms with Gasteiger partial charge in [0.15, 0.2) is 0 Å². The normalized spacial score (nSPS) is 26.4. The maximum atomic E-state index is 5.40. The van der Waals surface area contributed by atoms with Gasteiger partial charge >= 0.3 is 0 Å². The summed E-state index contributed by atoms with van der Waals surface area (Å²) in [6, 6.07) is 8.32. The highest BCUT2D eigenvalue weighted by molar-refractivity contribution is 5.40. The highest BCUT2D eigenvalue weighted by Gasteiger charge is 2.32. The summed E-state index contributed by atoms with van der Waals surface area (Å²) in [6.07, 6.45) is 1.19. The molecule has 0 aromatic heterocycles. The molecule has 0 bridgehead atoms. The van der Waals surface area contributed by atoms with Gasteiger partial charge in [-0.2, -0.15) is 0 Å². The lowest BCUT2D eigenvalue weighted by Crippen LogP contribution is -2.25. The second-order valence-corrected chi connectivity index (χ2v) is 4.19. The SMILES string of the molecule is COc1ccccc1C1(C)CCNC1. The molecule has 0 saturated carbocycles. The van der Waals surface area contributed by atoms with Crippen LogP contribution in [-0.4, -0.2) is 20.2 Å². The van der Waals surface area contributed by atoms with Crippen molar-refractivity contribution in [3.05, 3.63) is 29.8 Å². The van der Waals surface area contributed by atoms with Gasteiger partial charge in [-0.15, -0.1) is 0 Å². The molecule has 1 aromatic rings. The molecule has 2 rings (SSSR count). The van der Waals surface area contributed by atoms with E-state index in [0.29, 0.717) is 0 Å². The van der Waals surface area contributed by atoms with E-state index in [9.17, 15) is 0 Å². The summed E-state index contributed by atoms with van der Waals surface area (Å²) in [5, 5.41) is 3.41. The average molecular weight is 191 g/mol. The Labute approximate surface area is 85.3 Å². The number of rotatable bonds is 2. The van der Waals surface area contributed by atoms with Crippen molar-refractivity contribution in [3.63, 3.8) is 0 Å². The van der Waals surface area contributed by atoms with Gasteiger partial charge in [-0.3, -0.25) is 0 Å². The Morgan fingerprint density at radius 1 is 1.36 bits per heavy atom. The van der Waals surface area contributed by atoms with Crippen LogP contribution in [0.25, 0.3) is 0 Å². The van der Waals surface area contributed by atoms with Gasteiger partial charge in [0.25, 0.3) is 0 Å². The molecule has 0 amide bonds. The maximum absolute atomic E-state index is 5.40. The summed E-state index contributed by atoms with van der Waals surface area (Å²) >= 11 is 0. The van der Waals surface area contributed by atoms with Gasteiger partial charge in [-0.05, 0) is 19.0 Å². The van der Waals surface area contributed by atoms with E-state index in [1.807, 2.05) is 12.1 Å². The Morgan fingerprint density at radius 2 is 2.14 bits per heavy atom. The fourth-order valence-electron chi connectivity index (χ4n) is 2.19. The first kappa shape index (κ1) is 9.53. The third kappa shape index (κ3) is 1.50. The summed E-state index contributed by atoms with van der Waals surface area (Å²) in [5.74, 6) is 1.01. The number of ether oxygens (including phenoxy) is 1. The van der Waals surface area contributed by atoms with Crippen molar-refractivity contribution in [2.75, 3.05) is 20.2 Å². The molecule has 1 atom stereocenters. The van der Waals surface area contributed by atoms with Crippen LogP contribution in [0.1, 0.15) is 18.9 Å². The van der Waals surface area contributed by atoms with Crippen LogP contribution in [0.3, 0.4) is 0 Å². The summed E-state index contributed by atoms with van der Waals surface area (Å²) in [4.78, 5) is 0. The van der Waals surface area contributed by atoms with Crippen molar-refractivity contribution in [2.45, 2.75) is 18.8 Å². The molecule has 0 spiro atoms. The van der Waals surface area contributed by atoms with E-state index in [1.165, 1.54) is 12.0 Å². The van der Waals surface area contributed by atoms with E-state index in [4.69, 9.17) is 4.74 Å². The summed E-state index contributed by atoms with van der Waals surface area (Å²) in [5.41, 5.74) is 1.57. The molecule has 0 radical (unpaired) electrons. The molecule has 2 nitrogen and oxygen atoms in total. The van der Waals surface area contributed by atoms with Crippen molar-refractivity contribution in [1.29, 1.82) is 0 Å². The first-order chi connectivity index (χ1) is 6.76. The van der Waals surface area contributed by atoms with Gasteiger partial charge in [-0.1, -0.05) is 25.1 Å². The van der Waals surface area contributed by atoms with Gasteiger partial charge in [0.1, 0.15) is 5.75 Å². The largest absolute Gasteiger partial charge is 0.496 e. The fraction of sp³-hybridized carbons (Fsp3) is 0.500. The third-order valence-corrected chi connectivity index (χ3v) is 3.13. The van der Waals surface area contributed by atoms with Crippen LogP contribution in [0.5, 0.6) is 5.75 Å². The summed E-state index contributed by atoms with van der Waals surface area (Å²) in [6.45, 7) is 4.45. The molecule has 1 saturated heterocycles. The smallest absolute Gasteiger partial charge is 0.122 e. The van der Waals surface area contributed by atoms with Crippen LogP contribution >= 0.6 is 0 Å². The first-order valence-corrected chi connectivity index (χ1v) is 5.10. The highest BCUT2D eigenvalue weighted by Crippen LogP contribution is 2.35. The van der Waals surface area contributed by atoms with Crippen LogP contribution in [0, 0.1) is 0 Å². The zero-order valence-electron chi connectivity index (χ0n) is 8.84. The quantitative estimate of drug-likeness (QED) is 0.771. The van der Waals surface area contributed by atoms with Crippen molar-refractivity contribution in [3.8, 4) is 5.75 Å². The minimum Gasteiger partial charge on any atom is -0.496 e. The lowest BCUT2D eigenvalue weighted by molar-refractivity contribution is 0.391. The van der Waals surface area contributed by atoms with Gasteiger partial charge < -0.3 is 10.1 Å². The topological polar surface area (TPSA) is 21.3 Å². The first-order valence-electron chi connectivity index (χ1n) is 5.10. The Hall–Kier alpha value is -1.02. The summed E-state index contributed by atoms with van der Waals surface area (Å²) in [7, 11) is 1.74. The highest BCUT2D eigenvalue weighted by atomic mass is 16.5. The van der Waals surface area contributed by atoms with Crippen LogP contribution in [-0.2, 0) is 5.41 Å². The van der Waals surface area contributed by atoms with Crippen LogP contribution < -0.4 is 10.1 Å². The second-order valence-electron chi connectivity index (χ2n) is 4.19. The van der Waals surface area contributed by atoms with Crippen molar-refractivity contribution in [2.24, 2.45) is 0 Å². The van der Waals surface area contributed by atoms with Crippen molar-refractivity contribution >= 4 is 0 Å². The number of para-hydroxylation sites is 1. The lowest BCUT2D eigenvalue weighted by atomic mass is 9.81. The van der Waals surface area contributed by atoms with Crippen molar-refractivity contribution in [1.82, 2.24) is 5.32 Å².